The van der Waals surface area contributed by atoms with Crippen LogP contribution in [0.25, 0.3) is 0 Å². The fourth-order valence-electron chi connectivity index (χ4n) is 2.27. The van der Waals surface area contributed by atoms with E-state index in [0.717, 1.165) is 36.7 Å². The number of piperazine rings is 1. The van der Waals surface area contributed by atoms with Crippen molar-refractivity contribution in [3.63, 3.8) is 0 Å². The normalized spacial score (nSPS) is 18.5. The van der Waals surface area contributed by atoms with Crippen LogP contribution in [0.1, 0.15) is 29.8 Å². The molecule has 1 aliphatic rings. The van der Waals surface area contributed by atoms with Gasteiger partial charge in [0.15, 0.2) is 0 Å². The van der Waals surface area contributed by atoms with Gasteiger partial charge in [0.05, 0.1) is 0 Å². The van der Waals surface area contributed by atoms with Gasteiger partial charge in [0.25, 0.3) is 5.91 Å². The standard InChI is InChI=1S/C15H22N2OS.ClH/c1-3-19-11-13-4-6-14(7-5-13)15(18)17-9-8-16-10-12(17)2;/h4-7,12,16H,3,8-11H2,1-2H3;1H/t12-;/m0./s1. The summed E-state index contributed by atoms with van der Waals surface area (Å²) in [5, 5.41) is 3.31. The predicted octanol–water partition coefficient (Wildman–Crippen LogP) is 2.80. The van der Waals surface area contributed by atoms with E-state index in [2.05, 4.69) is 31.3 Å². The summed E-state index contributed by atoms with van der Waals surface area (Å²) in [7, 11) is 0. The third-order valence-corrected chi connectivity index (χ3v) is 4.38. The van der Waals surface area contributed by atoms with Crippen LogP contribution in [0, 0.1) is 0 Å². The van der Waals surface area contributed by atoms with Crippen molar-refractivity contribution in [3.05, 3.63) is 35.4 Å². The fraction of sp³-hybridized carbons (Fsp3) is 0.533. The Labute approximate surface area is 131 Å². The third-order valence-electron chi connectivity index (χ3n) is 3.44. The van der Waals surface area contributed by atoms with E-state index in [1.165, 1.54) is 5.56 Å². The minimum atomic E-state index is 0. The van der Waals surface area contributed by atoms with Crippen LogP contribution in [0.4, 0.5) is 0 Å². The minimum Gasteiger partial charge on any atom is -0.333 e. The van der Waals surface area contributed by atoms with Crippen molar-refractivity contribution in [2.45, 2.75) is 25.6 Å². The van der Waals surface area contributed by atoms with Crippen LogP contribution in [-0.4, -0.2) is 42.2 Å². The molecule has 1 atom stereocenters. The van der Waals surface area contributed by atoms with E-state index in [0.29, 0.717) is 0 Å². The van der Waals surface area contributed by atoms with E-state index >= 15 is 0 Å². The Morgan fingerprint density at radius 1 is 1.40 bits per heavy atom. The molecule has 1 N–H and O–H groups in total. The topological polar surface area (TPSA) is 32.3 Å². The molecule has 5 heteroatoms. The molecule has 0 aliphatic carbocycles. The smallest absolute Gasteiger partial charge is 0.254 e. The van der Waals surface area contributed by atoms with Gasteiger partial charge in [0, 0.05) is 37.0 Å². The summed E-state index contributed by atoms with van der Waals surface area (Å²) < 4.78 is 0. The molecule has 0 unspecified atom stereocenters. The number of nitrogens with zero attached hydrogens (tertiary/aromatic N) is 1. The lowest BCUT2D eigenvalue weighted by Crippen LogP contribution is -2.52. The molecule has 1 aliphatic heterocycles. The lowest BCUT2D eigenvalue weighted by Gasteiger charge is -2.34. The Morgan fingerprint density at radius 3 is 2.70 bits per heavy atom. The summed E-state index contributed by atoms with van der Waals surface area (Å²) in [6, 6.07) is 8.34. The summed E-state index contributed by atoms with van der Waals surface area (Å²) in [6.45, 7) is 6.83. The maximum Gasteiger partial charge on any atom is 0.254 e. The van der Waals surface area contributed by atoms with Crippen LogP contribution >= 0.6 is 24.2 Å². The van der Waals surface area contributed by atoms with E-state index < -0.39 is 0 Å². The average molecular weight is 315 g/mol. The molecule has 1 amide bonds. The first-order valence-corrected chi connectivity index (χ1v) is 8.06. The van der Waals surface area contributed by atoms with Gasteiger partial charge in [-0.05, 0) is 30.4 Å². The van der Waals surface area contributed by atoms with Crippen molar-refractivity contribution in [1.29, 1.82) is 0 Å². The van der Waals surface area contributed by atoms with E-state index in [-0.39, 0.29) is 24.4 Å². The molecule has 2 rings (SSSR count). The van der Waals surface area contributed by atoms with Crippen molar-refractivity contribution < 1.29 is 4.79 Å². The zero-order valence-corrected chi connectivity index (χ0v) is 13.7. The fourth-order valence-corrected chi connectivity index (χ4v) is 2.90. The van der Waals surface area contributed by atoms with E-state index in [1.54, 1.807) is 0 Å². The molecular weight excluding hydrogens is 292 g/mol. The number of amides is 1. The molecular formula is C15H23ClN2OS. The Kier molecular flexibility index (Phi) is 7.41. The van der Waals surface area contributed by atoms with Crippen molar-refractivity contribution in [2.75, 3.05) is 25.4 Å². The predicted molar refractivity (Wildman–Crippen MR) is 88.9 cm³/mol. The lowest BCUT2D eigenvalue weighted by molar-refractivity contribution is 0.0656. The number of halogens is 1. The van der Waals surface area contributed by atoms with Gasteiger partial charge in [-0.1, -0.05) is 19.1 Å². The maximum atomic E-state index is 12.4. The number of carbonyl (C=O) groups is 1. The van der Waals surface area contributed by atoms with E-state index in [9.17, 15) is 4.79 Å². The largest absolute Gasteiger partial charge is 0.333 e. The van der Waals surface area contributed by atoms with Crippen LogP contribution in [0.5, 0.6) is 0 Å². The van der Waals surface area contributed by atoms with Crippen molar-refractivity contribution in [1.82, 2.24) is 10.2 Å². The molecule has 1 fully saturated rings. The number of benzene rings is 1. The van der Waals surface area contributed by atoms with Crippen molar-refractivity contribution in [3.8, 4) is 0 Å². The summed E-state index contributed by atoms with van der Waals surface area (Å²) in [4.78, 5) is 14.4. The van der Waals surface area contributed by atoms with Crippen LogP contribution in [0.15, 0.2) is 24.3 Å². The van der Waals surface area contributed by atoms with Crippen LogP contribution in [0.3, 0.4) is 0 Å². The minimum absolute atomic E-state index is 0. The first-order chi connectivity index (χ1) is 9.22. The first-order valence-electron chi connectivity index (χ1n) is 6.90. The Balaban J connectivity index is 0.00000200. The van der Waals surface area contributed by atoms with Crippen LogP contribution < -0.4 is 5.32 Å². The first kappa shape index (κ1) is 17.3. The van der Waals surface area contributed by atoms with Crippen molar-refractivity contribution >= 4 is 30.1 Å². The molecule has 0 radical (unpaired) electrons. The Morgan fingerprint density at radius 2 is 2.10 bits per heavy atom. The molecule has 3 nitrogen and oxygen atoms in total. The molecule has 0 saturated carbocycles. The van der Waals surface area contributed by atoms with Gasteiger partial charge < -0.3 is 10.2 Å². The van der Waals surface area contributed by atoms with Gasteiger partial charge >= 0.3 is 0 Å². The van der Waals surface area contributed by atoms with Gasteiger partial charge in [-0.2, -0.15) is 11.8 Å². The van der Waals surface area contributed by atoms with Gasteiger partial charge in [-0.15, -0.1) is 12.4 Å². The summed E-state index contributed by atoms with van der Waals surface area (Å²) in [5.74, 6) is 2.30. The highest BCUT2D eigenvalue weighted by Gasteiger charge is 2.23. The highest BCUT2D eigenvalue weighted by molar-refractivity contribution is 7.98. The van der Waals surface area contributed by atoms with Gasteiger partial charge in [-0.3, -0.25) is 4.79 Å². The Hall–Kier alpha value is -0.710. The Bertz CT molecular complexity index is 424. The molecule has 0 aromatic heterocycles. The van der Waals surface area contributed by atoms with Crippen molar-refractivity contribution in [2.24, 2.45) is 0 Å². The number of carbonyl (C=O) groups excluding carboxylic acids is 1. The molecule has 1 aromatic carbocycles. The number of thioether (sulfide) groups is 1. The molecule has 0 bridgehead atoms. The maximum absolute atomic E-state index is 12.4. The highest BCUT2D eigenvalue weighted by Crippen LogP contribution is 2.15. The number of nitrogens with one attached hydrogen (secondary N) is 1. The monoisotopic (exact) mass is 314 g/mol. The number of hydrogen-bond donors (Lipinski definition) is 1. The highest BCUT2D eigenvalue weighted by atomic mass is 35.5. The summed E-state index contributed by atoms with van der Waals surface area (Å²) >= 11 is 1.90. The molecule has 1 saturated heterocycles. The summed E-state index contributed by atoms with van der Waals surface area (Å²) in [6.07, 6.45) is 0. The zero-order valence-electron chi connectivity index (χ0n) is 12.1. The number of hydrogen-bond acceptors (Lipinski definition) is 3. The average Bonchev–Trinajstić information content (AvgIpc) is 2.45. The second-order valence-corrected chi connectivity index (χ2v) is 6.16. The zero-order chi connectivity index (χ0) is 13.7. The number of rotatable bonds is 4. The van der Waals surface area contributed by atoms with Gasteiger partial charge in [-0.25, -0.2) is 0 Å². The van der Waals surface area contributed by atoms with Gasteiger partial charge in [0.2, 0.25) is 0 Å². The van der Waals surface area contributed by atoms with E-state index in [4.69, 9.17) is 0 Å². The van der Waals surface area contributed by atoms with E-state index in [1.807, 2.05) is 28.8 Å². The third kappa shape index (κ3) is 4.40. The van der Waals surface area contributed by atoms with Crippen LogP contribution in [-0.2, 0) is 5.75 Å². The lowest BCUT2D eigenvalue weighted by atomic mass is 10.1. The van der Waals surface area contributed by atoms with Crippen LogP contribution in [0.2, 0.25) is 0 Å². The molecule has 0 spiro atoms. The molecule has 112 valence electrons. The second-order valence-electron chi connectivity index (χ2n) is 4.89. The molecule has 1 aromatic rings. The molecule has 1 heterocycles. The van der Waals surface area contributed by atoms with Gasteiger partial charge in [0.1, 0.15) is 0 Å². The quantitative estimate of drug-likeness (QED) is 0.927. The second kappa shape index (κ2) is 8.55. The SMILES string of the molecule is CCSCc1ccc(C(=O)N2CCNC[C@@H]2C)cc1.Cl. The molecule has 20 heavy (non-hydrogen) atoms. The summed E-state index contributed by atoms with van der Waals surface area (Å²) in [5.41, 5.74) is 2.09.